The summed E-state index contributed by atoms with van der Waals surface area (Å²) in [6, 6.07) is 4.83. The third kappa shape index (κ3) is 6.09. The zero-order valence-electron chi connectivity index (χ0n) is 17.7. The van der Waals surface area contributed by atoms with Gasteiger partial charge in [0.05, 0.1) is 0 Å². The predicted molar refractivity (Wildman–Crippen MR) is 112 cm³/mol. The van der Waals surface area contributed by atoms with Gasteiger partial charge in [-0.05, 0) is 112 Å². The quantitative estimate of drug-likeness (QED) is 0.288. The van der Waals surface area contributed by atoms with Crippen LogP contribution in [0, 0.1) is 19.3 Å². The molecule has 1 aromatic carbocycles. The summed E-state index contributed by atoms with van der Waals surface area (Å²) in [4.78, 5) is 10.6. The van der Waals surface area contributed by atoms with Crippen molar-refractivity contribution in [1.29, 1.82) is 0 Å². The molecule has 0 unspecified atom stereocenters. The highest BCUT2D eigenvalue weighted by molar-refractivity contribution is 5.39. The van der Waals surface area contributed by atoms with E-state index in [2.05, 4.69) is 32.9 Å². The second-order valence-electron chi connectivity index (χ2n) is 9.67. The van der Waals surface area contributed by atoms with Crippen LogP contribution in [-0.4, -0.2) is 12.1 Å². The summed E-state index contributed by atoms with van der Waals surface area (Å²) in [5.41, 5.74) is 6.60. The van der Waals surface area contributed by atoms with E-state index in [1.807, 2.05) is 0 Å². The highest BCUT2D eigenvalue weighted by Crippen LogP contribution is 2.49. The van der Waals surface area contributed by atoms with Gasteiger partial charge < -0.3 is 4.74 Å². The Hall–Kier alpha value is -1.31. The number of aryl methyl sites for hydroxylation is 3. The molecule has 0 bridgehead atoms. The molecular formula is C25H38O2. The van der Waals surface area contributed by atoms with E-state index in [9.17, 15) is 4.79 Å². The first-order chi connectivity index (χ1) is 13.0. The Morgan fingerprint density at radius 3 is 2.30 bits per heavy atom. The number of carbonyl (C=O) groups excluding carboxylic acids is 1. The first-order valence-electron chi connectivity index (χ1n) is 11.2. The fourth-order valence-corrected chi connectivity index (χ4v) is 4.37. The number of benzene rings is 1. The number of hydrogen-bond acceptors (Lipinski definition) is 2. The van der Waals surface area contributed by atoms with Gasteiger partial charge in [-0.25, -0.2) is 0 Å². The number of rotatable bonds is 13. The zero-order valence-corrected chi connectivity index (χ0v) is 17.7. The van der Waals surface area contributed by atoms with Gasteiger partial charge in [0.25, 0.3) is 6.47 Å². The summed E-state index contributed by atoms with van der Waals surface area (Å²) < 4.78 is 5.26. The number of carbonyl (C=O) groups is 1. The van der Waals surface area contributed by atoms with E-state index < -0.39 is 0 Å². The molecule has 0 saturated heterocycles. The third-order valence-corrected chi connectivity index (χ3v) is 7.12. The highest BCUT2D eigenvalue weighted by Gasteiger charge is 2.44. The van der Waals surface area contributed by atoms with Crippen LogP contribution in [0.25, 0.3) is 0 Å². The second-order valence-corrected chi connectivity index (χ2v) is 9.67. The maximum Gasteiger partial charge on any atom is 0.293 e. The summed E-state index contributed by atoms with van der Waals surface area (Å²) >= 11 is 0. The van der Waals surface area contributed by atoms with E-state index in [0.717, 1.165) is 32.1 Å². The molecule has 0 aliphatic heterocycles. The van der Waals surface area contributed by atoms with Crippen molar-refractivity contribution < 1.29 is 9.53 Å². The monoisotopic (exact) mass is 370 g/mol. The molecule has 0 aromatic heterocycles. The minimum Gasteiger partial charge on any atom is -0.461 e. The Kier molecular flexibility index (Phi) is 6.65. The third-order valence-electron chi connectivity index (χ3n) is 7.12. The zero-order chi connectivity index (χ0) is 19.3. The highest BCUT2D eigenvalue weighted by atomic mass is 16.5. The van der Waals surface area contributed by atoms with Crippen molar-refractivity contribution in [2.45, 2.75) is 110 Å². The van der Waals surface area contributed by atoms with Gasteiger partial charge in [0, 0.05) is 0 Å². The smallest absolute Gasteiger partial charge is 0.293 e. The van der Waals surface area contributed by atoms with Gasteiger partial charge in [0.2, 0.25) is 0 Å². The van der Waals surface area contributed by atoms with Crippen LogP contribution in [0.15, 0.2) is 12.1 Å². The lowest BCUT2D eigenvalue weighted by Crippen LogP contribution is -2.12. The Balaban J connectivity index is 1.41. The molecule has 1 aromatic rings. The van der Waals surface area contributed by atoms with Crippen LogP contribution in [-0.2, 0) is 22.4 Å². The van der Waals surface area contributed by atoms with Gasteiger partial charge in [-0.15, -0.1) is 0 Å². The summed E-state index contributed by atoms with van der Waals surface area (Å²) in [5, 5.41) is 0. The molecule has 0 amide bonds. The average Bonchev–Trinajstić information content (AvgIpc) is 3.55. The van der Waals surface area contributed by atoms with Crippen LogP contribution in [0.2, 0.25) is 0 Å². The van der Waals surface area contributed by atoms with Crippen molar-refractivity contribution >= 4 is 6.47 Å². The lowest BCUT2D eigenvalue weighted by Gasteiger charge is -2.14. The molecule has 2 heteroatoms. The van der Waals surface area contributed by atoms with Crippen LogP contribution < -0.4 is 0 Å². The molecular weight excluding hydrogens is 332 g/mol. The Labute approximate surface area is 166 Å². The van der Waals surface area contributed by atoms with E-state index in [1.165, 1.54) is 68.1 Å². The molecule has 2 nitrogen and oxygen atoms in total. The Morgan fingerprint density at radius 1 is 0.926 bits per heavy atom. The van der Waals surface area contributed by atoms with Crippen molar-refractivity contribution in [2.24, 2.45) is 5.41 Å². The van der Waals surface area contributed by atoms with Crippen LogP contribution in [0.5, 0.6) is 0 Å². The fraction of sp³-hybridized carbons (Fsp3) is 0.720. The van der Waals surface area contributed by atoms with Crippen molar-refractivity contribution in [3.8, 4) is 0 Å². The largest absolute Gasteiger partial charge is 0.461 e. The predicted octanol–water partition coefficient (Wildman–Crippen LogP) is 6.62. The standard InChI is InChI=1S/C25H38O2/c1-20-17-22(9-6-8-12-25(15-16-25)27-19-26)18-23(21(20)2)10-5-4-7-11-24(3)13-14-24/h17-19H,4-16H2,1-3H3. The maximum absolute atomic E-state index is 10.6. The molecule has 0 N–H and O–H groups in total. The van der Waals surface area contributed by atoms with Crippen LogP contribution in [0.3, 0.4) is 0 Å². The molecule has 0 radical (unpaired) electrons. The summed E-state index contributed by atoms with van der Waals surface area (Å²) in [6.45, 7) is 7.62. The summed E-state index contributed by atoms with van der Waals surface area (Å²) in [5.74, 6) is 0. The van der Waals surface area contributed by atoms with E-state index in [0.29, 0.717) is 11.9 Å². The van der Waals surface area contributed by atoms with E-state index in [-0.39, 0.29) is 5.60 Å². The van der Waals surface area contributed by atoms with E-state index >= 15 is 0 Å². The first kappa shape index (κ1) is 20.4. The molecule has 3 rings (SSSR count). The molecule has 2 aliphatic carbocycles. The molecule has 0 heterocycles. The normalized spacial score (nSPS) is 18.9. The second kappa shape index (κ2) is 8.80. The topological polar surface area (TPSA) is 26.3 Å². The lowest BCUT2D eigenvalue weighted by molar-refractivity contribution is -0.135. The molecule has 2 saturated carbocycles. The maximum atomic E-state index is 10.6. The van der Waals surface area contributed by atoms with Crippen LogP contribution in [0.1, 0.15) is 99.8 Å². The number of hydrogen-bond donors (Lipinski definition) is 0. The first-order valence-corrected chi connectivity index (χ1v) is 11.2. The van der Waals surface area contributed by atoms with Crippen molar-refractivity contribution in [3.05, 3.63) is 34.4 Å². The molecule has 2 aliphatic rings. The Bertz CT molecular complexity index is 638. The van der Waals surface area contributed by atoms with Crippen molar-refractivity contribution in [2.75, 3.05) is 0 Å². The van der Waals surface area contributed by atoms with Crippen LogP contribution >= 0.6 is 0 Å². The van der Waals surface area contributed by atoms with Gasteiger partial charge in [-0.2, -0.15) is 0 Å². The number of ether oxygens (including phenoxy) is 1. The van der Waals surface area contributed by atoms with Gasteiger partial charge in [0.1, 0.15) is 5.60 Å². The molecule has 0 atom stereocenters. The molecule has 150 valence electrons. The van der Waals surface area contributed by atoms with Gasteiger partial charge >= 0.3 is 0 Å². The minimum atomic E-state index is -0.0896. The summed E-state index contributed by atoms with van der Waals surface area (Å²) in [7, 11) is 0. The molecule has 27 heavy (non-hydrogen) atoms. The number of unbranched alkanes of at least 4 members (excludes halogenated alkanes) is 3. The SMILES string of the molecule is Cc1cc(CCCCC2(OC=O)CC2)cc(CCCCCC2(C)CC2)c1C. The Morgan fingerprint density at radius 2 is 1.63 bits per heavy atom. The van der Waals surface area contributed by atoms with Gasteiger partial charge in [-0.1, -0.05) is 31.9 Å². The molecule has 0 spiro atoms. The average molecular weight is 371 g/mol. The van der Waals surface area contributed by atoms with E-state index in [1.54, 1.807) is 5.56 Å². The minimum absolute atomic E-state index is 0.0896. The van der Waals surface area contributed by atoms with E-state index in [4.69, 9.17) is 4.74 Å². The fourth-order valence-electron chi connectivity index (χ4n) is 4.37. The van der Waals surface area contributed by atoms with Gasteiger partial charge in [0.15, 0.2) is 0 Å². The lowest BCUT2D eigenvalue weighted by atomic mass is 9.93. The summed E-state index contributed by atoms with van der Waals surface area (Å²) in [6.07, 6.45) is 16.3. The van der Waals surface area contributed by atoms with Crippen molar-refractivity contribution in [3.63, 3.8) is 0 Å². The van der Waals surface area contributed by atoms with Crippen molar-refractivity contribution in [1.82, 2.24) is 0 Å². The van der Waals surface area contributed by atoms with Crippen LogP contribution in [0.4, 0.5) is 0 Å². The molecule has 2 fully saturated rings. The van der Waals surface area contributed by atoms with Gasteiger partial charge in [-0.3, -0.25) is 4.79 Å².